The van der Waals surface area contributed by atoms with Crippen molar-refractivity contribution < 1.29 is 14.3 Å². The number of anilines is 1. The summed E-state index contributed by atoms with van der Waals surface area (Å²) in [6.07, 6.45) is 0. The summed E-state index contributed by atoms with van der Waals surface area (Å²) in [5, 5.41) is 1.62. The van der Waals surface area contributed by atoms with Gasteiger partial charge < -0.3 is 19.8 Å². The summed E-state index contributed by atoms with van der Waals surface area (Å²) in [4.78, 5) is 27.1. The maximum absolute atomic E-state index is 12.2. The van der Waals surface area contributed by atoms with Crippen LogP contribution in [-0.2, 0) is 21.8 Å². The molecule has 0 radical (unpaired) electrons. The molecule has 3 heterocycles. The predicted molar refractivity (Wildman–Crippen MR) is 116 cm³/mol. The monoisotopic (exact) mass is 435 g/mol. The minimum Gasteiger partial charge on any atom is -0.462 e. The van der Waals surface area contributed by atoms with Gasteiger partial charge in [-0.3, -0.25) is 0 Å². The van der Waals surface area contributed by atoms with Crippen molar-refractivity contribution in [2.75, 3.05) is 26.1 Å². The summed E-state index contributed by atoms with van der Waals surface area (Å²) in [7, 11) is 1.69. The third-order valence-corrected chi connectivity index (χ3v) is 6.74. The number of imidazole rings is 1. The number of aromatic nitrogens is 4. The van der Waals surface area contributed by atoms with Crippen molar-refractivity contribution in [2.24, 2.45) is 0 Å². The molecule has 0 bridgehead atoms. The minimum atomic E-state index is -0.352. The number of nitrogens with two attached hydrogens (primary N) is 1. The third-order valence-electron chi connectivity index (χ3n) is 4.60. The molecule has 2 N–H and O–H groups in total. The maximum Gasteiger partial charge on any atom is 0.348 e. The first kappa shape index (κ1) is 21.5. The Morgan fingerprint density at radius 2 is 2.00 bits per heavy atom. The van der Waals surface area contributed by atoms with Crippen LogP contribution in [0.4, 0.5) is 5.82 Å². The molecule has 156 valence electrons. The van der Waals surface area contributed by atoms with Crippen molar-refractivity contribution in [3.8, 4) is 0 Å². The molecule has 0 saturated heterocycles. The van der Waals surface area contributed by atoms with Crippen LogP contribution in [0.3, 0.4) is 0 Å². The smallest absolute Gasteiger partial charge is 0.348 e. The second-order valence-electron chi connectivity index (χ2n) is 6.48. The number of thiophene rings is 1. The van der Waals surface area contributed by atoms with Gasteiger partial charge >= 0.3 is 5.97 Å². The number of carbonyl (C=O) groups is 1. The zero-order valence-electron chi connectivity index (χ0n) is 17.2. The highest BCUT2D eigenvalue weighted by Crippen LogP contribution is 2.34. The Morgan fingerprint density at radius 3 is 2.69 bits per heavy atom. The van der Waals surface area contributed by atoms with E-state index < -0.39 is 0 Å². The Hall–Kier alpha value is -2.17. The lowest BCUT2D eigenvalue weighted by Crippen LogP contribution is -2.07. The van der Waals surface area contributed by atoms with Gasteiger partial charge in [0.2, 0.25) is 0 Å². The predicted octanol–water partition coefficient (Wildman–Crippen LogP) is 3.51. The quantitative estimate of drug-likeness (QED) is 0.423. The van der Waals surface area contributed by atoms with E-state index in [0.717, 1.165) is 34.0 Å². The molecule has 0 aliphatic heterocycles. The third kappa shape index (κ3) is 4.39. The van der Waals surface area contributed by atoms with E-state index in [2.05, 4.69) is 19.5 Å². The number of esters is 1. The second-order valence-corrected chi connectivity index (χ2v) is 8.42. The van der Waals surface area contributed by atoms with Gasteiger partial charge in [-0.25, -0.2) is 19.7 Å². The first-order valence-corrected chi connectivity index (χ1v) is 11.1. The van der Waals surface area contributed by atoms with Crippen LogP contribution in [0.1, 0.15) is 39.4 Å². The normalized spacial score (nSPS) is 11.3. The number of carbonyl (C=O) groups excluding carboxylic acids is 1. The lowest BCUT2D eigenvalue weighted by molar-refractivity contribution is 0.0531. The van der Waals surface area contributed by atoms with E-state index in [4.69, 9.17) is 15.2 Å². The fraction of sp³-hybridized carbons (Fsp3) is 0.474. The van der Waals surface area contributed by atoms with E-state index in [1.807, 2.05) is 20.8 Å². The summed E-state index contributed by atoms with van der Waals surface area (Å²) in [5.74, 6) is 1.15. The summed E-state index contributed by atoms with van der Waals surface area (Å²) in [6.45, 7) is 9.35. The van der Waals surface area contributed by atoms with E-state index in [0.29, 0.717) is 40.3 Å². The number of fused-ring (bicyclic) bond motifs is 1. The van der Waals surface area contributed by atoms with E-state index >= 15 is 0 Å². The second kappa shape index (κ2) is 9.10. The van der Waals surface area contributed by atoms with Gasteiger partial charge in [-0.2, -0.15) is 0 Å². The molecule has 0 unspecified atom stereocenters. The summed E-state index contributed by atoms with van der Waals surface area (Å²) >= 11 is 2.85. The van der Waals surface area contributed by atoms with Crippen LogP contribution in [0.2, 0.25) is 0 Å². The maximum atomic E-state index is 12.2. The Balaban J connectivity index is 1.86. The number of rotatable bonds is 8. The van der Waals surface area contributed by atoms with Gasteiger partial charge in [0, 0.05) is 19.3 Å². The largest absolute Gasteiger partial charge is 0.462 e. The first-order valence-electron chi connectivity index (χ1n) is 9.25. The van der Waals surface area contributed by atoms with Crippen molar-refractivity contribution in [3.63, 3.8) is 0 Å². The molecule has 10 heteroatoms. The molecule has 0 aromatic carbocycles. The Morgan fingerprint density at radius 1 is 1.24 bits per heavy atom. The van der Waals surface area contributed by atoms with Gasteiger partial charge in [0.15, 0.2) is 5.16 Å². The number of nitrogens with zero attached hydrogens (tertiary/aromatic N) is 4. The average molecular weight is 436 g/mol. The van der Waals surface area contributed by atoms with Gasteiger partial charge in [-0.05, 0) is 33.3 Å². The zero-order chi connectivity index (χ0) is 21.1. The van der Waals surface area contributed by atoms with Gasteiger partial charge in [0.1, 0.15) is 21.3 Å². The number of ether oxygens (including phenoxy) is 2. The molecule has 3 rings (SSSR count). The number of aryl methyl sites for hydroxylation is 2. The van der Waals surface area contributed by atoms with Crippen molar-refractivity contribution in [1.29, 1.82) is 0 Å². The number of hydrogen-bond donors (Lipinski definition) is 1. The Kier molecular flexibility index (Phi) is 6.76. The van der Waals surface area contributed by atoms with Crippen molar-refractivity contribution in [3.05, 3.63) is 27.7 Å². The van der Waals surface area contributed by atoms with E-state index in [9.17, 15) is 4.79 Å². The molecule has 8 nitrogen and oxygen atoms in total. The highest BCUT2D eigenvalue weighted by molar-refractivity contribution is 7.98. The van der Waals surface area contributed by atoms with Gasteiger partial charge in [-0.1, -0.05) is 11.8 Å². The van der Waals surface area contributed by atoms with E-state index in [1.54, 1.807) is 25.8 Å². The first-order chi connectivity index (χ1) is 13.9. The van der Waals surface area contributed by atoms with Crippen molar-refractivity contribution in [2.45, 2.75) is 45.1 Å². The average Bonchev–Trinajstić information content (AvgIpc) is 3.15. The van der Waals surface area contributed by atoms with Crippen LogP contribution in [0.5, 0.6) is 0 Å². The standard InChI is InChI=1S/C19H25N5O3S2/c1-6-27-18(25)15-10(2)14-16(20)22-13(23-17(14)29-15)9-28-19-21-11(3)12(4)24(19)7-8-26-5/h6-9H2,1-5H3,(H2,20,22,23). The van der Waals surface area contributed by atoms with Crippen LogP contribution in [0.15, 0.2) is 5.16 Å². The molecule has 0 saturated carbocycles. The van der Waals surface area contributed by atoms with Gasteiger partial charge in [0.05, 0.1) is 30.0 Å². The van der Waals surface area contributed by atoms with Gasteiger partial charge in [-0.15, -0.1) is 11.3 Å². The molecule has 3 aromatic heterocycles. The molecule has 0 aliphatic carbocycles. The summed E-state index contributed by atoms with van der Waals surface area (Å²) in [5.41, 5.74) is 9.07. The van der Waals surface area contributed by atoms with Crippen molar-refractivity contribution >= 4 is 45.1 Å². The van der Waals surface area contributed by atoms with Crippen LogP contribution < -0.4 is 5.73 Å². The van der Waals surface area contributed by atoms with E-state index in [1.165, 1.54) is 11.3 Å². The summed E-state index contributed by atoms with van der Waals surface area (Å²) in [6, 6.07) is 0. The molecule has 0 spiro atoms. The fourth-order valence-electron chi connectivity index (χ4n) is 2.98. The molecule has 0 fully saturated rings. The van der Waals surface area contributed by atoms with Gasteiger partial charge in [0.25, 0.3) is 0 Å². The number of methoxy groups -OCH3 is 1. The fourth-order valence-corrected chi connectivity index (χ4v) is 5.05. The van der Waals surface area contributed by atoms with Crippen molar-refractivity contribution in [1.82, 2.24) is 19.5 Å². The lowest BCUT2D eigenvalue weighted by atomic mass is 10.2. The van der Waals surface area contributed by atoms with Crippen LogP contribution >= 0.6 is 23.1 Å². The highest BCUT2D eigenvalue weighted by atomic mass is 32.2. The van der Waals surface area contributed by atoms with Crippen LogP contribution in [0, 0.1) is 20.8 Å². The Bertz CT molecular complexity index is 1040. The Labute approximate surface area is 177 Å². The lowest BCUT2D eigenvalue weighted by Gasteiger charge is -2.09. The molecule has 0 aliphatic rings. The van der Waals surface area contributed by atoms with Crippen LogP contribution in [-0.4, -0.2) is 45.8 Å². The topological polar surface area (TPSA) is 105 Å². The van der Waals surface area contributed by atoms with Crippen LogP contribution in [0.25, 0.3) is 10.2 Å². The summed E-state index contributed by atoms with van der Waals surface area (Å²) < 4.78 is 12.5. The molecular weight excluding hydrogens is 410 g/mol. The minimum absolute atomic E-state index is 0.324. The SMILES string of the molecule is CCOC(=O)c1sc2nc(CSc3nc(C)c(C)n3CCOC)nc(N)c2c1C. The van der Waals surface area contributed by atoms with E-state index in [-0.39, 0.29) is 5.97 Å². The molecule has 29 heavy (non-hydrogen) atoms. The molecule has 0 amide bonds. The molecule has 3 aromatic rings. The number of thioether (sulfide) groups is 1. The number of nitrogen functional groups attached to an aromatic ring is 1. The molecule has 0 atom stereocenters. The number of hydrogen-bond acceptors (Lipinski definition) is 9. The molecular formula is C19H25N5O3S2. The zero-order valence-corrected chi connectivity index (χ0v) is 18.9. The highest BCUT2D eigenvalue weighted by Gasteiger charge is 2.21.